The van der Waals surface area contributed by atoms with Crippen LogP contribution in [0.25, 0.3) is 17.0 Å². The standard InChI is InChI=1S/C18H12ClFN6O2/c19-12-2-1-3-13(20)17(12)18-24-23-16-7-6-15(25-26(16)18)22-21-9-10-4-5-11(27)8-14(10)28/h1-9,27-28H,(H,22,25)/b21-9+. The summed E-state index contributed by atoms with van der Waals surface area (Å²) < 4.78 is 15.6. The van der Waals surface area contributed by atoms with E-state index in [4.69, 9.17) is 11.6 Å². The van der Waals surface area contributed by atoms with E-state index in [1.807, 2.05) is 0 Å². The van der Waals surface area contributed by atoms with E-state index in [9.17, 15) is 14.6 Å². The number of aromatic nitrogens is 4. The van der Waals surface area contributed by atoms with Crippen molar-refractivity contribution in [2.24, 2.45) is 5.10 Å². The normalized spacial score (nSPS) is 11.4. The predicted octanol–water partition coefficient (Wildman–Crippen LogP) is 3.44. The number of nitrogens with zero attached hydrogens (tertiary/aromatic N) is 5. The van der Waals surface area contributed by atoms with E-state index >= 15 is 0 Å². The first-order valence-electron chi connectivity index (χ1n) is 8.01. The topological polar surface area (TPSA) is 108 Å². The molecule has 0 saturated carbocycles. The van der Waals surface area contributed by atoms with Crippen LogP contribution in [0, 0.1) is 5.82 Å². The van der Waals surface area contributed by atoms with Gasteiger partial charge in [-0.25, -0.2) is 4.39 Å². The Morgan fingerprint density at radius 2 is 1.96 bits per heavy atom. The first-order valence-corrected chi connectivity index (χ1v) is 8.38. The molecule has 0 amide bonds. The van der Waals surface area contributed by atoms with Crippen molar-refractivity contribution in [1.82, 2.24) is 19.8 Å². The molecular weight excluding hydrogens is 387 g/mol. The zero-order valence-corrected chi connectivity index (χ0v) is 14.8. The third kappa shape index (κ3) is 3.30. The third-order valence-corrected chi connectivity index (χ3v) is 4.16. The van der Waals surface area contributed by atoms with E-state index in [1.54, 1.807) is 18.2 Å². The Labute approximate surface area is 162 Å². The lowest BCUT2D eigenvalue weighted by Gasteiger charge is -2.05. The molecule has 0 aliphatic carbocycles. The number of anilines is 1. The molecule has 10 heteroatoms. The highest BCUT2D eigenvalue weighted by molar-refractivity contribution is 6.33. The quantitative estimate of drug-likeness (QED) is 0.359. The van der Waals surface area contributed by atoms with Crippen LogP contribution in [0.2, 0.25) is 5.02 Å². The summed E-state index contributed by atoms with van der Waals surface area (Å²) in [5.74, 6) is -0.230. The van der Waals surface area contributed by atoms with Gasteiger partial charge in [-0.3, -0.25) is 5.43 Å². The van der Waals surface area contributed by atoms with Crippen LogP contribution >= 0.6 is 11.6 Å². The minimum Gasteiger partial charge on any atom is -0.508 e. The Morgan fingerprint density at radius 3 is 2.75 bits per heavy atom. The maximum absolute atomic E-state index is 14.2. The van der Waals surface area contributed by atoms with Gasteiger partial charge in [-0.15, -0.1) is 15.3 Å². The maximum atomic E-state index is 14.2. The number of hydrazone groups is 1. The average molecular weight is 399 g/mol. The fourth-order valence-electron chi connectivity index (χ4n) is 2.53. The Morgan fingerprint density at radius 1 is 1.11 bits per heavy atom. The molecule has 0 radical (unpaired) electrons. The van der Waals surface area contributed by atoms with Gasteiger partial charge in [-0.1, -0.05) is 17.7 Å². The second-order valence-corrected chi connectivity index (χ2v) is 6.13. The molecule has 0 fully saturated rings. The minimum absolute atomic E-state index is 0.0540. The second kappa shape index (κ2) is 7.12. The van der Waals surface area contributed by atoms with E-state index in [1.165, 1.54) is 41.1 Å². The van der Waals surface area contributed by atoms with Crippen LogP contribution in [0.1, 0.15) is 5.56 Å². The lowest BCUT2D eigenvalue weighted by atomic mass is 10.2. The molecule has 2 aromatic heterocycles. The molecule has 0 aliphatic rings. The number of rotatable bonds is 4. The Kier molecular flexibility index (Phi) is 4.50. The molecule has 2 aromatic carbocycles. The van der Waals surface area contributed by atoms with Gasteiger partial charge in [0, 0.05) is 11.6 Å². The lowest BCUT2D eigenvalue weighted by Crippen LogP contribution is -2.01. The number of fused-ring (bicyclic) bond motifs is 1. The van der Waals surface area contributed by atoms with Crippen LogP contribution in [-0.4, -0.2) is 36.2 Å². The summed E-state index contributed by atoms with van der Waals surface area (Å²) >= 11 is 6.11. The fourth-order valence-corrected chi connectivity index (χ4v) is 2.77. The predicted molar refractivity (Wildman–Crippen MR) is 102 cm³/mol. The van der Waals surface area contributed by atoms with Crippen LogP contribution < -0.4 is 5.43 Å². The summed E-state index contributed by atoms with van der Waals surface area (Å²) in [5.41, 5.74) is 3.60. The molecular formula is C18H12ClFN6O2. The second-order valence-electron chi connectivity index (χ2n) is 5.72. The molecule has 0 saturated heterocycles. The van der Waals surface area contributed by atoms with Crippen LogP contribution in [0.3, 0.4) is 0 Å². The molecule has 140 valence electrons. The van der Waals surface area contributed by atoms with Gasteiger partial charge in [0.25, 0.3) is 0 Å². The van der Waals surface area contributed by atoms with Crippen molar-refractivity contribution in [3.8, 4) is 22.9 Å². The summed E-state index contributed by atoms with van der Waals surface area (Å²) in [4.78, 5) is 0. The molecule has 0 spiro atoms. The molecule has 0 atom stereocenters. The molecule has 0 unspecified atom stereocenters. The van der Waals surface area contributed by atoms with Gasteiger partial charge in [0.2, 0.25) is 0 Å². The molecule has 0 aliphatic heterocycles. The zero-order valence-electron chi connectivity index (χ0n) is 14.1. The highest BCUT2D eigenvalue weighted by atomic mass is 35.5. The number of phenolic OH excluding ortho intramolecular Hbond substituents is 2. The molecule has 3 N–H and O–H groups in total. The Bertz CT molecular complexity index is 1190. The van der Waals surface area contributed by atoms with Crippen molar-refractivity contribution in [3.63, 3.8) is 0 Å². The van der Waals surface area contributed by atoms with Gasteiger partial charge in [0.15, 0.2) is 17.3 Å². The van der Waals surface area contributed by atoms with E-state index in [2.05, 4.69) is 25.8 Å². The van der Waals surface area contributed by atoms with Crippen LogP contribution in [0.5, 0.6) is 11.5 Å². The van der Waals surface area contributed by atoms with Gasteiger partial charge in [0.1, 0.15) is 17.3 Å². The maximum Gasteiger partial charge on any atom is 0.189 e. The van der Waals surface area contributed by atoms with Crippen molar-refractivity contribution < 1.29 is 14.6 Å². The van der Waals surface area contributed by atoms with E-state index < -0.39 is 5.82 Å². The number of aromatic hydroxyl groups is 2. The Balaban J connectivity index is 1.65. The average Bonchev–Trinajstić information content (AvgIpc) is 3.06. The number of halogens is 2. The number of benzene rings is 2. The van der Waals surface area contributed by atoms with E-state index in [-0.39, 0.29) is 27.9 Å². The summed E-state index contributed by atoms with van der Waals surface area (Å²) in [5, 5.41) is 35.5. The molecule has 28 heavy (non-hydrogen) atoms. The van der Waals surface area contributed by atoms with Crippen molar-refractivity contribution in [1.29, 1.82) is 0 Å². The number of hydrogen-bond acceptors (Lipinski definition) is 7. The fraction of sp³-hybridized carbons (Fsp3) is 0. The third-order valence-electron chi connectivity index (χ3n) is 3.85. The first-order chi connectivity index (χ1) is 13.5. The van der Waals surface area contributed by atoms with Gasteiger partial charge in [-0.05, 0) is 36.4 Å². The van der Waals surface area contributed by atoms with E-state index in [0.717, 1.165) is 0 Å². The molecule has 4 rings (SSSR count). The summed E-state index contributed by atoms with van der Waals surface area (Å²) in [6, 6.07) is 11.7. The van der Waals surface area contributed by atoms with Gasteiger partial charge in [0.05, 0.1) is 16.8 Å². The summed E-state index contributed by atoms with van der Waals surface area (Å²) in [6.45, 7) is 0. The Hall–Kier alpha value is -3.72. The van der Waals surface area contributed by atoms with Crippen molar-refractivity contribution in [2.45, 2.75) is 0 Å². The van der Waals surface area contributed by atoms with Crippen molar-refractivity contribution in [2.75, 3.05) is 5.43 Å². The van der Waals surface area contributed by atoms with Crippen molar-refractivity contribution >= 4 is 29.3 Å². The minimum atomic E-state index is -0.539. The molecule has 8 nitrogen and oxygen atoms in total. The van der Waals surface area contributed by atoms with Crippen LogP contribution in [-0.2, 0) is 0 Å². The highest BCUT2D eigenvalue weighted by Gasteiger charge is 2.17. The molecule has 0 bridgehead atoms. The number of hydrogen-bond donors (Lipinski definition) is 3. The summed E-state index contributed by atoms with van der Waals surface area (Å²) in [6.07, 6.45) is 1.36. The SMILES string of the molecule is Oc1ccc(/C=N/Nc2ccc3nnc(-c4c(F)cccc4Cl)n3n2)c(O)c1. The van der Waals surface area contributed by atoms with E-state index in [0.29, 0.717) is 17.0 Å². The van der Waals surface area contributed by atoms with Crippen LogP contribution in [0.4, 0.5) is 10.2 Å². The molecule has 2 heterocycles. The lowest BCUT2D eigenvalue weighted by molar-refractivity contribution is 0.450. The number of nitrogens with one attached hydrogen (secondary N) is 1. The first kappa shape index (κ1) is 17.7. The number of phenols is 2. The zero-order chi connectivity index (χ0) is 19.7. The van der Waals surface area contributed by atoms with Gasteiger partial charge < -0.3 is 10.2 Å². The largest absolute Gasteiger partial charge is 0.508 e. The smallest absolute Gasteiger partial charge is 0.189 e. The van der Waals surface area contributed by atoms with Gasteiger partial charge in [-0.2, -0.15) is 9.62 Å². The molecule has 4 aromatic rings. The summed E-state index contributed by atoms with van der Waals surface area (Å²) in [7, 11) is 0. The van der Waals surface area contributed by atoms with Crippen molar-refractivity contribution in [3.05, 3.63) is 64.9 Å². The highest BCUT2D eigenvalue weighted by Crippen LogP contribution is 2.29. The van der Waals surface area contributed by atoms with Crippen LogP contribution in [0.15, 0.2) is 53.6 Å². The van der Waals surface area contributed by atoms with Gasteiger partial charge >= 0.3 is 0 Å². The monoisotopic (exact) mass is 398 g/mol.